The summed E-state index contributed by atoms with van der Waals surface area (Å²) in [6, 6.07) is 27.3. The number of hydrogen-bond acceptors (Lipinski definition) is 10. The Morgan fingerprint density at radius 1 is 0.833 bits per heavy atom. The molecule has 0 radical (unpaired) electrons. The third kappa shape index (κ3) is 7.98. The van der Waals surface area contributed by atoms with Gasteiger partial charge in [-0.15, -0.1) is 0 Å². The number of aromatic nitrogens is 1. The van der Waals surface area contributed by atoms with Crippen LogP contribution < -0.4 is 25.4 Å². The van der Waals surface area contributed by atoms with Gasteiger partial charge < -0.3 is 30.5 Å². The van der Waals surface area contributed by atoms with Crippen molar-refractivity contribution in [2.45, 2.75) is 29.8 Å². The van der Waals surface area contributed by atoms with E-state index in [4.69, 9.17) is 9.47 Å². The van der Waals surface area contributed by atoms with Crippen molar-refractivity contribution >= 4 is 56.5 Å². The second-order valence-electron chi connectivity index (χ2n) is 13.7. The van der Waals surface area contributed by atoms with Crippen LogP contribution in [-0.4, -0.2) is 53.4 Å². The maximum Gasteiger partial charge on any atom is 0.347 e. The molecule has 3 atom stereocenters. The number of nitrogens with zero attached hydrogens (tertiary/aromatic N) is 2. The van der Waals surface area contributed by atoms with Gasteiger partial charge >= 0.3 is 18.0 Å². The fourth-order valence-electron chi connectivity index (χ4n) is 7.38. The van der Waals surface area contributed by atoms with Crippen LogP contribution in [0.5, 0.6) is 17.2 Å². The van der Waals surface area contributed by atoms with Crippen molar-refractivity contribution in [2.24, 2.45) is 4.99 Å². The Morgan fingerprint density at radius 3 is 2.27 bits per heavy atom. The lowest BCUT2D eigenvalue weighted by atomic mass is 9.80. The molecule has 14 nitrogen and oxygen atoms in total. The van der Waals surface area contributed by atoms with Gasteiger partial charge in [0.05, 0.1) is 36.0 Å². The van der Waals surface area contributed by atoms with Gasteiger partial charge in [-0.25, -0.2) is 14.4 Å². The minimum Gasteiger partial charge on any atom is -0.504 e. The number of urea groups is 2. The molecule has 0 bridgehead atoms. The van der Waals surface area contributed by atoms with Crippen molar-refractivity contribution in [3.05, 3.63) is 171 Å². The van der Waals surface area contributed by atoms with E-state index in [-0.39, 0.29) is 17.9 Å². The zero-order chi connectivity index (χ0) is 42.0. The van der Waals surface area contributed by atoms with E-state index in [0.717, 1.165) is 17.2 Å². The van der Waals surface area contributed by atoms with Crippen LogP contribution in [0.4, 0.5) is 9.59 Å². The van der Waals surface area contributed by atoms with Crippen molar-refractivity contribution in [1.82, 2.24) is 20.9 Å². The number of carbonyl (C=O) groups is 3. The molecule has 4 aromatic carbocycles. The molecule has 0 saturated heterocycles. The number of nitrogens with one attached hydrogen (secondary N) is 3. The first kappa shape index (κ1) is 39.7. The number of esters is 1. The number of rotatable bonds is 11. The number of hydrogen-bond donors (Lipinski definition) is 5. The predicted octanol–water partition coefficient (Wildman–Crippen LogP) is 7.67. The number of aromatic hydroxyl groups is 1. The van der Waals surface area contributed by atoms with Crippen molar-refractivity contribution in [3.63, 3.8) is 0 Å². The van der Waals surface area contributed by atoms with Gasteiger partial charge in [-0.1, -0.05) is 66.7 Å². The SMILES string of the molecule is CCOc1cc([C@@H]2NC(=O)NC(c3cccnc3)=C2c2ccsc2)cc(C(=O)Oc2ccc(C3NC(=O)N=C(c4ccccc4)C3c3ccccc3)cc2S(=O)(=O)O)c1O. The second-order valence-corrected chi connectivity index (χ2v) is 15.8. The van der Waals surface area contributed by atoms with E-state index >= 15 is 0 Å². The molecule has 5 N–H and O–H groups in total. The number of ether oxygens (including phenoxy) is 2. The molecule has 0 aliphatic carbocycles. The standard InChI is InChI=1S/C44H35N5O9S2/c1-2-57-33-21-30(40-36(29-17-19-59-24-29)39(48-44(53)49-40)28-14-9-18-45-23-28)20-31(41(33)50)42(51)58-32-16-15-27(22-34(32)60(54,55)56)38-35(25-10-5-3-6-11-25)37(46-43(52)47-38)26-12-7-4-8-13-26/h3-24,35,38,40,50H,2H2,1H3,(H,47,52)(H2,48,49,53)(H,54,55,56)/t35?,38?,40-/m0/s1. The fraction of sp³-hybridized carbons (Fsp3) is 0.114. The molecule has 0 saturated carbocycles. The van der Waals surface area contributed by atoms with Crippen molar-refractivity contribution < 1.29 is 41.9 Å². The summed E-state index contributed by atoms with van der Waals surface area (Å²) in [6.07, 6.45) is 3.21. The molecule has 6 aromatic rings. The topological polar surface area (TPSA) is 206 Å². The lowest BCUT2D eigenvalue weighted by Gasteiger charge is -2.33. The minimum absolute atomic E-state index is 0.0883. The molecule has 8 rings (SSSR count). The number of amides is 4. The summed E-state index contributed by atoms with van der Waals surface area (Å²) in [5.41, 5.74) is 4.52. The van der Waals surface area contributed by atoms with Crippen LogP contribution in [0.2, 0.25) is 0 Å². The lowest BCUT2D eigenvalue weighted by molar-refractivity contribution is 0.0725. The molecule has 60 heavy (non-hydrogen) atoms. The number of thiophene rings is 1. The molecule has 2 aliphatic heterocycles. The fourth-order valence-corrected chi connectivity index (χ4v) is 8.69. The Balaban J connectivity index is 1.20. The van der Waals surface area contributed by atoms with Gasteiger partial charge in [0.25, 0.3) is 10.1 Å². The first-order valence-corrected chi connectivity index (χ1v) is 21.0. The molecule has 0 spiro atoms. The molecule has 302 valence electrons. The molecular weight excluding hydrogens is 807 g/mol. The molecule has 2 aromatic heterocycles. The molecule has 0 fully saturated rings. The Labute approximate surface area is 348 Å². The summed E-state index contributed by atoms with van der Waals surface area (Å²) in [7, 11) is -5.08. The van der Waals surface area contributed by atoms with E-state index in [0.29, 0.717) is 33.7 Å². The Hall–Kier alpha value is -7.14. The number of carbonyl (C=O) groups excluding carboxylic acids is 3. The van der Waals surface area contributed by atoms with Crippen LogP contribution in [0, 0.1) is 0 Å². The summed E-state index contributed by atoms with van der Waals surface area (Å²) in [5.74, 6) is -3.07. The normalized spacial score (nSPS) is 17.8. The van der Waals surface area contributed by atoms with E-state index in [9.17, 15) is 32.5 Å². The van der Waals surface area contributed by atoms with Crippen LogP contribution in [-0.2, 0) is 10.1 Å². The minimum atomic E-state index is -5.08. The Kier molecular flexibility index (Phi) is 11.0. The van der Waals surface area contributed by atoms with Gasteiger partial charge in [0.15, 0.2) is 17.2 Å². The highest BCUT2D eigenvalue weighted by molar-refractivity contribution is 7.86. The van der Waals surface area contributed by atoms with Gasteiger partial charge in [-0.05, 0) is 88.0 Å². The van der Waals surface area contributed by atoms with E-state index in [1.54, 1.807) is 31.5 Å². The summed E-state index contributed by atoms with van der Waals surface area (Å²) >= 11 is 1.44. The van der Waals surface area contributed by atoms with Gasteiger partial charge in [0, 0.05) is 23.5 Å². The van der Waals surface area contributed by atoms with Crippen molar-refractivity contribution in [1.29, 1.82) is 0 Å². The third-order valence-corrected chi connectivity index (χ3v) is 11.5. The summed E-state index contributed by atoms with van der Waals surface area (Å²) in [6.45, 7) is 1.77. The van der Waals surface area contributed by atoms with Crippen LogP contribution in [0.25, 0.3) is 11.3 Å². The first-order chi connectivity index (χ1) is 29.0. The van der Waals surface area contributed by atoms with Crippen LogP contribution in [0.1, 0.15) is 68.7 Å². The monoisotopic (exact) mass is 841 g/mol. The second kappa shape index (κ2) is 16.6. The van der Waals surface area contributed by atoms with E-state index in [1.165, 1.54) is 35.6 Å². The number of phenols is 1. The van der Waals surface area contributed by atoms with E-state index in [1.807, 2.05) is 77.5 Å². The smallest absolute Gasteiger partial charge is 0.347 e. The van der Waals surface area contributed by atoms with Gasteiger partial charge in [-0.3, -0.25) is 9.54 Å². The average molecular weight is 842 g/mol. The maximum atomic E-state index is 14.1. The molecule has 2 aliphatic rings. The number of aliphatic imine (C=N–C) groups is 1. The van der Waals surface area contributed by atoms with Crippen LogP contribution in [0.3, 0.4) is 0 Å². The first-order valence-electron chi connectivity index (χ1n) is 18.6. The predicted molar refractivity (Wildman–Crippen MR) is 224 cm³/mol. The lowest BCUT2D eigenvalue weighted by Crippen LogP contribution is -2.43. The Bertz CT molecular complexity index is 2780. The average Bonchev–Trinajstić information content (AvgIpc) is 3.79. The van der Waals surface area contributed by atoms with Crippen molar-refractivity contribution in [3.8, 4) is 17.2 Å². The van der Waals surface area contributed by atoms with Gasteiger partial charge in [0.2, 0.25) is 0 Å². The van der Waals surface area contributed by atoms with Crippen LogP contribution >= 0.6 is 11.3 Å². The molecule has 4 heterocycles. The summed E-state index contributed by atoms with van der Waals surface area (Å²) in [4.78, 5) is 48.2. The Morgan fingerprint density at radius 2 is 1.58 bits per heavy atom. The largest absolute Gasteiger partial charge is 0.504 e. The van der Waals surface area contributed by atoms with E-state index < -0.39 is 68.1 Å². The van der Waals surface area contributed by atoms with E-state index in [2.05, 4.69) is 25.9 Å². The highest BCUT2D eigenvalue weighted by Gasteiger charge is 2.37. The molecule has 16 heteroatoms. The quantitative estimate of drug-likeness (QED) is 0.0489. The number of benzene rings is 4. The van der Waals surface area contributed by atoms with Crippen molar-refractivity contribution in [2.75, 3.05) is 6.61 Å². The number of phenolic OH excluding ortho intramolecular Hbond substituents is 1. The molecule has 4 amide bonds. The highest BCUT2D eigenvalue weighted by Crippen LogP contribution is 2.44. The zero-order valence-corrected chi connectivity index (χ0v) is 33.2. The van der Waals surface area contributed by atoms with Crippen LogP contribution in [0.15, 0.2) is 142 Å². The van der Waals surface area contributed by atoms with Gasteiger partial charge in [0.1, 0.15) is 10.5 Å². The zero-order valence-electron chi connectivity index (χ0n) is 31.6. The number of pyridine rings is 1. The summed E-state index contributed by atoms with van der Waals surface area (Å²) in [5, 5.41) is 23.8. The molecule has 2 unspecified atom stereocenters. The third-order valence-electron chi connectivity index (χ3n) is 9.97. The van der Waals surface area contributed by atoms with Gasteiger partial charge in [-0.2, -0.15) is 24.7 Å². The summed E-state index contributed by atoms with van der Waals surface area (Å²) < 4.78 is 48.0. The highest BCUT2D eigenvalue weighted by atomic mass is 32.2. The molecular formula is C44H35N5O9S2. The maximum absolute atomic E-state index is 14.1.